The van der Waals surface area contributed by atoms with Crippen LogP contribution >= 0.6 is 0 Å². The number of ether oxygens (including phenoxy) is 1. The Kier molecular flexibility index (Phi) is 2.84. The molecule has 0 spiro atoms. The van der Waals surface area contributed by atoms with E-state index in [9.17, 15) is 0 Å². The third-order valence-corrected chi connectivity index (χ3v) is 2.36. The van der Waals surface area contributed by atoms with E-state index in [-0.39, 0.29) is 0 Å². The van der Waals surface area contributed by atoms with Crippen LogP contribution in [0.3, 0.4) is 0 Å². The van der Waals surface area contributed by atoms with Gasteiger partial charge in [-0.25, -0.2) is 0 Å². The van der Waals surface area contributed by atoms with E-state index in [1.54, 1.807) is 0 Å². The maximum Gasteiger partial charge on any atom is 0.123 e. The van der Waals surface area contributed by atoms with Gasteiger partial charge in [0.1, 0.15) is 5.75 Å². The molecule has 14 heavy (non-hydrogen) atoms. The van der Waals surface area contributed by atoms with Gasteiger partial charge in [0.15, 0.2) is 0 Å². The molecule has 2 rings (SSSR count). The van der Waals surface area contributed by atoms with Crippen LogP contribution in [0.5, 0.6) is 5.75 Å². The molecule has 0 amide bonds. The fraction of sp³-hybridized carbons (Fsp3) is 0.333. The van der Waals surface area contributed by atoms with Gasteiger partial charge in [0.2, 0.25) is 0 Å². The second-order valence-corrected chi connectivity index (χ2v) is 3.45. The zero-order valence-corrected chi connectivity index (χ0v) is 8.20. The summed E-state index contributed by atoms with van der Waals surface area (Å²) >= 11 is 0. The average Bonchev–Trinajstić information content (AvgIpc) is 2.65. The van der Waals surface area contributed by atoms with Gasteiger partial charge in [-0.1, -0.05) is 24.3 Å². The highest BCUT2D eigenvalue weighted by Crippen LogP contribution is 2.26. The summed E-state index contributed by atoms with van der Waals surface area (Å²) in [5.74, 6) is 1.04. The smallest absolute Gasteiger partial charge is 0.123 e. The van der Waals surface area contributed by atoms with Crippen molar-refractivity contribution in [3.63, 3.8) is 0 Å². The third-order valence-electron chi connectivity index (χ3n) is 2.36. The Bertz CT molecular complexity index is 344. The first-order chi connectivity index (χ1) is 6.90. The second-order valence-electron chi connectivity index (χ2n) is 3.45. The van der Waals surface area contributed by atoms with Gasteiger partial charge in [0.25, 0.3) is 0 Å². The summed E-state index contributed by atoms with van der Waals surface area (Å²) in [6.45, 7) is 1.53. The first-order valence-corrected chi connectivity index (χ1v) is 5.02. The molecule has 2 N–H and O–H groups in total. The predicted molar refractivity (Wildman–Crippen MR) is 58.3 cm³/mol. The van der Waals surface area contributed by atoms with Crippen molar-refractivity contribution in [3.05, 3.63) is 35.4 Å². The molecule has 0 aliphatic carbocycles. The van der Waals surface area contributed by atoms with Gasteiger partial charge in [0.05, 0.1) is 6.61 Å². The maximum absolute atomic E-state index is 5.49. The molecule has 0 bridgehead atoms. The molecule has 0 radical (unpaired) electrons. The van der Waals surface area contributed by atoms with Gasteiger partial charge in [-0.15, -0.1) is 0 Å². The van der Waals surface area contributed by atoms with Crippen molar-refractivity contribution in [2.24, 2.45) is 5.73 Å². The van der Waals surface area contributed by atoms with Crippen LogP contribution in [-0.2, 0) is 6.42 Å². The standard InChI is InChI=1S/C12H15NO/c13-7-2-1-3-10-4-5-11-6-8-14-12(11)9-10/h1,3-5,9H,2,6-8,13H2/b3-1+. The highest BCUT2D eigenvalue weighted by Gasteiger charge is 2.10. The van der Waals surface area contributed by atoms with E-state index in [0.717, 1.165) is 25.2 Å². The summed E-state index contributed by atoms with van der Waals surface area (Å²) in [6.07, 6.45) is 6.16. The van der Waals surface area contributed by atoms with E-state index in [0.29, 0.717) is 6.54 Å². The minimum absolute atomic E-state index is 0.706. The van der Waals surface area contributed by atoms with E-state index in [1.165, 1.54) is 11.1 Å². The molecule has 1 aromatic rings. The molecule has 0 saturated carbocycles. The Morgan fingerprint density at radius 2 is 2.36 bits per heavy atom. The van der Waals surface area contributed by atoms with Crippen LogP contribution in [0, 0.1) is 0 Å². The summed E-state index contributed by atoms with van der Waals surface area (Å²) in [7, 11) is 0. The Balaban J connectivity index is 2.12. The van der Waals surface area contributed by atoms with Crippen LogP contribution in [0.4, 0.5) is 0 Å². The molecule has 74 valence electrons. The number of benzene rings is 1. The SMILES string of the molecule is NCC/C=C/c1ccc2c(c1)OCC2. The van der Waals surface area contributed by atoms with Gasteiger partial charge in [-0.2, -0.15) is 0 Å². The lowest BCUT2D eigenvalue weighted by atomic mass is 10.1. The average molecular weight is 189 g/mol. The van der Waals surface area contributed by atoms with Gasteiger partial charge in [-0.05, 0) is 30.2 Å². The van der Waals surface area contributed by atoms with Crippen molar-refractivity contribution in [1.29, 1.82) is 0 Å². The maximum atomic E-state index is 5.49. The summed E-state index contributed by atoms with van der Waals surface area (Å²) in [5, 5.41) is 0. The molecule has 0 unspecified atom stereocenters. The molecule has 1 aliphatic rings. The summed E-state index contributed by atoms with van der Waals surface area (Å²) in [6, 6.07) is 6.36. The van der Waals surface area contributed by atoms with Crippen LogP contribution in [-0.4, -0.2) is 13.2 Å². The van der Waals surface area contributed by atoms with Crippen LogP contribution in [0.25, 0.3) is 6.08 Å². The molecule has 1 aliphatic heterocycles. The van der Waals surface area contributed by atoms with Crippen LogP contribution < -0.4 is 10.5 Å². The first-order valence-electron chi connectivity index (χ1n) is 5.02. The molecule has 0 saturated heterocycles. The van der Waals surface area contributed by atoms with Crippen molar-refractivity contribution in [1.82, 2.24) is 0 Å². The molecule has 0 aromatic heterocycles. The van der Waals surface area contributed by atoms with Crippen molar-refractivity contribution < 1.29 is 4.74 Å². The monoisotopic (exact) mass is 189 g/mol. The zero-order valence-electron chi connectivity index (χ0n) is 8.20. The summed E-state index contributed by atoms with van der Waals surface area (Å²) < 4.78 is 5.49. The lowest BCUT2D eigenvalue weighted by molar-refractivity contribution is 0.357. The molecule has 0 fully saturated rings. The number of hydrogen-bond donors (Lipinski definition) is 1. The van der Waals surface area contributed by atoms with Crippen molar-refractivity contribution in [3.8, 4) is 5.75 Å². The molecular formula is C12H15NO. The largest absolute Gasteiger partial charge is 0.493 e. The third kappa shape index (κ3) is 1.96. The lowest BCUT2D eigenvalue weighted by Crippen LogP contribution is -1.94. The van der Waals surface area contributed by atoms with Crippen LogP contribution in [0.2, 0.25) is 0 Å². The normalized spacial score (nSPS) is 14.4. The lowest BCUT2D eigenvalue weighted by Gasteiger charge is -1.99. The topological polar surface area (TPSA) is 35.2 Å². The van der Waals surface area contributed by atoms with E-state index in [4.69, 9.17) is 10.5 Å². The Morgan fingerprint density at radius 1 is 1.43 bits per heavy atom. The Labute approximate surface area is 84.4 Å². The van der Waals surface area contributed by atoms with Crippen molar-refractivity contribution >= 4 is 6.08 Å². The molecule has 1 aromatic carbocycles. The second kappa shape index (κ2) is 4.29. The van der Waals surface area contributed by atoms with E-state index in [1.807, 2.05) is 0 Å². The van der Waals surface area contributed by atoms with Gasteiger partial charge in [-0.3, -0.25) is 0 Å². The van der Waals surface area contributed by atoms with Gasteiger partial charge >= 0.3 is 0 Å². The highest BCUT2D eigenvalue weighted by atomic mass is 16.5. The highest BCUT2D eigenvalue weighted by molar-refractivity contribution is 5.54. The van der Waals surface area contributed by atoms with Crippen LogP contribution in [0.1, 0.15) is 17.5 Å². The molecule has 2 heteroatoms. The molecule has 1 heterocycles. The fourth-order valence-electron chi connectivity index (χ4n) is 1.60. The predicted octanol–water partition coefficient (Wildman–Crippen LogP) is 1.98. The van der Waals surface area contributed by atoms with E-state index >= 15 is 0 Å². The van der Waals surface area contributed by atoms with Crippen molar-refractivity contribution in [2.45, 2.75) is 12.8 Å². The molecule has 0 atom stereocenters. The zero-order chi connectivity index (χ0) is 9.80. The van der Waals surface area contributed by atoms with E-state index in [2.05, 4.69) is 30.4 Å². The van der Waals surface area contributed by atoms with Crippen LogP contribution in [0.15, 0.2) is 24.3 Å². The Hall–Kier alpha value is -1.28. The minimum atomic E-state index is 0.706. The van der Waals surface area contributed by atoms with Gasteiger partial charge < -0.3 is 10.5 Å². The Morgan fingerprint density at radius 3 is 3.21 bits per heavy atom. The number of fused-ring (bicyclic) bond motifs is 1. The molecule has 2 nitrogen and oxygen atoms in total. The van der Waals surface area contributed by atoms with Gasteiger partial charge in [0, 0.05) is 6.42 Å². The quantitative estimate of drug-likeness (QED) is 0.789. The fourth-order valence-corrected chi connectivity index (χ4v) is 1.60. The number of rotatable bonds is 3. The summed E-state index contributed by atoms with van der Waals surface area (Å²) in [4.78, 5) is 0. The van der Waals surface area contributed by atoms with E-state index < -0.39 is 0 Å². The molecular weight excluding hydrogens is 174 g/mol. The minimum Gasteiger partial charge on any atom is -0.493 e. The summed E-state index contributed by atoms with van der Waals surface area (Å²) in [5.41, 5.74) is 7.92. The first kappa shape index (κ1) is 9.28. The number of hydrogen-bond acceptors (Lipinski definition) is 2. The van der Waals surface area contributed by atoms with Crippen molar-refractivity contribution in [2.75, 3.05) is 13.2 Å². The number of nitrogens with two attached hydrogens (primary N) is 1.